The van der Waals surface area contributed by atoms with Crippen molar-refractivity contribution in [2.75, 3.05) is 19.0 Å². The Bertz CT molecular complexity index is 960. The zero-order chi connectivity index (χ0) is 18.0. The van der Waals surface area contributed by atoms with E-state index in [4.69, 9.17) is 0 Å². The van der Waals surface area contributed by atoms with Gasteiger partial charge in [-0.05, 0) is 30.3 Å². The summed E-state index contributed by atoms with van der Waals surface area (Å²) >= 11 is 4.84. The minimum Gasteiger partial charge on any atom is -0.377 e. The van der Waals surface area contributed by atoms with Gasteiger partial charge in [-0.15, -0.1) is 11.3 Å². The van der Waals surface area contributed by atoms with Crippen molar-refractivity contribution < 1.29 is 9.32 Å². The second-order valence-electron chi connectivity index (χ2n) is 5.45. The zero-order valence-corrected chi connectivity index (χ0v) is 15.9. The maximum Gasteiger partial charge on any atom is 0.439 e. The van der Waals surface area contributed by atoms with E-state index in [1.165, 1.54) is 11.3 Å². The van der Waals surface area contributed by atoms with Crippen LogP contribution in [-0.2, 0) is 6.54 Å². The number of aromatic amines is 1. The van der Waals surface area contributed by atoms with Gasteiger partial charge in [0.1, 0.15) is 0 Å². The zero-order valence-electron chi connectivity index (χ0n) is 13.5. The molecular formula is C16H15BrN4O3S. The van der Waals surface area contributed by atoms with Crippen LogP contribution in [0.15, 0.2) is 44.1 Å². The third kappa shape index (κ3) is 3.99. The fourth-order valence-corrected chi connectivity index (χ4v) is 3.50. The quantitative estimate of drug-likeness (QED) is 0.659. The first-order valence-electron chi connectivity index (χ1n) is 7.34. The number of nitrogens with one attached hydrogen (secondary N) is 2. The van der Waals surface area contributed by atoms with Gasteiger partial charge in [-0.1, -0.05) is 21.1 Å². The fourth-order valence-electron chi connectivity index (χ4n) is 2.27. The highest BCUT2D eigenvalue weighted by molar-refractivity contribution is 9.10. The number of anilines is 1. The summed E-state index contributed by atoms with van der Waals surface area (Å²) in [6, 6.07) is 9.23. The average Bonchev–Trinajstić information content (AvgIpc) is 3.21. The smallest absolute Gasteiger partial charge is 0.377 e. The molecule has 0 radical (unpaired) electrons. The molecule has 0 fully saturated rings. The predicted octanol–water partition coefficient (Wildman–Crippen LogP) is 2.85. The van der Waals surface area contributed by atoms with Crippen molar-refractivity contribution in [2.45, 2.75) is 6.54 Å². The molecule has 0 aliphatic rings. The van der Waals surface area contributed by atoms with Crippen molar-refractivity contribution in [1.29, 1.82) is 0 Å². The van der Waals surface area contributed by atoms with Crippen molar-refractivity contribution in [3.63, 3.8) is 0 Å². The number of benzene rings is 1. The number of carbonyl (C=O) groups excluding carboxylic acids is 1. The van der Waals surface area contributed by atoms with Crippen LogP contribution in [0.5, 0.6) is 0 Å². The van der Waals surface area contributed by atoms with Crippen LogP contribution in [0, 0.1) is 0 Å². The SMILES string of the molecule is CN(C)c1cc(Br)ccc1C(=O)NCc1ccc(-c2noc(=O)[nH]2)s1. The maximum atomic E-state index is 12.5. The van der Waals surface area contributed by atoms with E-state index in [0.717, 1.165) is 19.9 Å². The van der Waals surface area contributed by atoms with Crippen molar-refractivity contribution in [1.82, 2.24) is 15.5 Å². The standard InChI is InChI=1S/C16H15BrN4O3S/c1-21(2)12-7-9(17)3-5-11(12)15(22)18-8-10-4-6-13(25-10)14-19-16(23)24-20-14/h3-7H,8H2,1-2H3,(H,18,22)(H,19,20,23). The third-order valence-corrected chi connectivity index (χ3v) is 5.03. The van der Waals surface area contributed by atoms with Crippen molar-refractivity contribution >= 4 is 38.9 Å². The first-order chi connectivity index (χ1) is 11.9. The molecule has 3 rings (SSSR count). The molecule has 1 aromatic carbocycles. The Morgan fingerprint density at radius 3 is 2.84 bits per heavy atom. The highest BCUT2D eigenvalue weighted by Crippen LogP contribution is 2.26. The second-order valence-corrected chi connectivity index (χ2v) is 7.53. The third-order valence-electron chi connectivity index (χ3n) is 3.44. The number of nitrogens with zero attached hydrogens (tertiary/aromatic N) is 2. The van der Waals surface area contributed by atoms with E-state index in [0.29, 0.717) is 17.9 Å². The van der Waals surface area contributed by atoms with Gasteiger partial charge in [-0.3, -0.25) is 14.3 Å². The molecule has 1 amide bonds. The van der Waals surface area contributed by atoms with Crippen molar-refractivity contribution in [3.05, 3.63) is 55.8 Å². The molecule has 2 N–H and O–H groups in total. The van der Waals surface area contributed by atoms with Crippen LogP contribution in [0.3, 0.4) is 0 Å². The number of halogens is 1. The van der Waals surface area contributed by atoms with Gasteiger partial charge in [0, 0.05) is 23.4 Å². The number of hydrogen-bond acceptors (Lipinski definition) is 6. The number of H-pyrrole nitrogens is 1. The summed E-state index contributed by atoms with van der Waals surface area (Å²) in [7, 11) is 3.78. The summed E-state index contributed by atoms with van der Waals surface area (Å²) < 4.78 is 5.41. The maximum absolute atomic E-state index is 12.5. The Morgan fingerprint density at radius 1 is 1.36 bits per heavy atom. The molecule has 2 heterocycles. The Hall–Kier alpha value is -2.39. The minimum atomic E-state index is -0.593. The molecule has 25 heavy (non-hydrogen) atoms. The predicted molar refractivity (Wildman–Crippen MR) is 100 cm³/mol. The van der Waals surface area contributed by atoms with Crippen LogP contribution < -0.4 is 16.0 Å². The highest BCUT2D eigenvalue weighted by atomic mass is 79.9. The molecule has 3 aromatic rings. The molecule has 0 spiro atoms. The van der Waals surface area contributed by atoms with Crippen molar-refractivity contribution in [2.24, 2.45) is 0 Å². The molecule has 0 aliphatic carbocycles. The van der Waals surface area contributed by atoms with Crippen LogP contribution in [0.2, 0.25) is 0 Å². The largest absolute Gasteiger partial charge is 0.439 e. The molecular weight excluding hydrogens is 408 g/mol. The van der Waals surface area contributed by atoms with Gasteiger partial charge in [0.15, 0.2) is 5.82 Å². The molecule has 0 bridgehead atoms. The number of amides is 1. The van der Waals surface area contributed by atoms with Gasteiger partial charge in [-0.25, -0.2) is 4.79 Å². The highest BCUT2D eigenvalue weighted by Gasteiger charge is 2.14. The summed E-state index contributed by atoms with van der Waals surface area (Å²) in [5.74, 6) is -0.360. The Morgan fingerprint density at radius 2 is 2.16 bits per heavy atom. The van der Waals surface area contributed by atoms with Crippen LogP contribution >= 0.6 is 27.3 Å². The van der Waals surface area contributed by atoms with E-state index < -0.39 is 5.76 Å². The molecule has 130 valence electrons. The lowest BCUT2D eigenvalue weighted by atomic mass is 10.1. The number of hydrogen-bond donors (Lipinski definition) is 2. The van der Waals surface area contributed by atoms with Crippen molar-refractivity contribution in [3.8, 4) is 10.7 Å². The molecule has 0 aliphatic heterocycles. The first kappa shape index (κ1) is 17.4. The first-order valence-corrected chi connectivity index (χ1v) is 8.95. The Balaban J connectivity index is 1.71. The fraction of sp³-hybridized carbons (Fsp3) is 0.188. The number of rotatable bonds is 5. The number of thiophene rings is 1. The van der Waals surface area contributed by atoms with Gasteiger partial charge in [0.25, 0.3) is 5.91 Å². The molecule has 2 aromatic heterocycles. The van der Waals surface area contributed by atoms with Gasteiger partial charge < -0.3 is 10.2 Å². The summed E-state index contributed by atoms with van der Waals surface area (Å²) in [5.41, 5.74) is 1.43. The lowest BCUT2D eigenvalue weighted by Crippen LogP contribution is -2.25. The van der Waals surface area contributed by atoms with Crippen LogP contribution in [0.4, 0.5) is 5.69 Å². The van der Waals surface area contributed by atoms with Gasteiger partial charge in [0.2, 0.25) is 0 Å². The monoisotopic (exact) mass is 422 g/mol. The van der Waals surface area contributed by atoms with E-state index in [1.807, 2.05) is 43.3 Å². The average molecular weight is 423 g/mol. The molecule has 7 nitrogen and oxygen atoms in total. The van der Waals surface area contributed by atoms with E-state index in [-0.39, 0.29) is 5.91 Å². The van der Waals surface area contributed by atoms with E-state index >= 15 is 0 Å². The van der Waals surface area contributed by atoms with Crippen LogP contribution in [-0.4, -0.2) is 30.1 Å². The van der Waals surface area contributed by atoms with Crippen LogP contribution in [0.1, 0.15) is 15.2 Å². The van der Waals surface area contributed by atoms with Gasteiger partial charge >= 0.3 is 5.76 Å². The minimum absolute atomic E-state index is 0.152. The number of carbonyl (C=O) groups is 1. The van der Waals surface area contributed by atoms with Gasteiger partial charge in [0.05, 0.1) is 22.7 Å². The Labute approximate surface area is 155 Å². The summed E-state index contributed by atoms with van der Waals surface area (Å²) in [4.78, 5) is 29.6. The van der Waals surface area contributed by atoms with E-state index in [1.54, 1.807) is 6.07 Å². The molecule has 0 saturated heterocycles. The lowest BCUT2D eigenvalue weighted by Gasteiger charge is -2.17. The van der Waals surface area contributed by atoms with Gasteiger partial charge in [-0.2, -0.15) is 0 Å². The second kappa shape index (κ2) is 7.24. The van der Waals surface area contributed by atoms with E-state index in [2.05, 4.69) is 35.9 Å². The molecule has 0 unspecified atom stereocenters. The summed E-state index contributed by atoms with van der Waals surface area (Å²) in [5, 5.41) is 6.57. The molecule has 0 atom stereocenters. The summed E-state index contributed by atoms with van der Waals surface area (Å²) in [6.45, 7) is 0.383. The van der Waals surface area contributed by atoms with Crippen LogP contribution in [0.25, 0.3) is 10.7 Å². The summed E-state index contributed by atoms with van der Waals surface area (Å²) in [6.07, 6.45) is 0. The Kier molecular flexibility index (Phi) is 5.05. The lowest BCUT2D eigenvalue weighted by molar-refractivity contribution is 0.0952. The molecule has 0 saturated carbocycles. The topological polar surface area (TPSA) is 91.2 Å². The normalized spacial score (nSPS) is 10.7. The molecule has 9 heteroatoms. The van der Waals surface area contributed by atoms with E-state index in [9.17, 15) is 9.59 Å². The number of aromatic nitrogens is 2.